The van der Waals surface area contributed by atoms with E-state index in [2.05, 4.69) is 10.3 Å². The van der Waals surface area contributed by atoms with Crippen LogP contribution in [0, 0.1) is 20.8 Å². The number of aryl methyl sites for hydroxylation is 3. The molecule has 3 N–H and O–H groups in total. The van der Waals surface area contributed by atoms with E-state index in [1.165, 1.54) is 4.88 Å². The van der Waals surface area contributed by atoms with Crippen molar-refractivity contribution >= 4 is 22.9 Å². The standard InChI is InChI=1S/C14H17N3OS/c1-8-4-5-11(6-12(8)15)14(18)16-7-13-17-9(2)10(3)19-13/h4-6H,7,15H2,1-3H3,(H,16,18). The zero-order valence-corrected chi connectivity index (χ0v) is 12.1. The number of nitrogens with one attached hydrogen (secondary N) is 1. The summed E-state index contributed by atoms with van der Waals surface area (Å²) in [6, 6.07) is 5.32. The van der Waals surface area contributed by atoms with Gasteiger partial charge in [-0.05, 0) is 38.5 Å². The summed E-state index contributed by atoms with van der Waals surface area (Å²) >= 11 is 1.61. The molecule has 0 fully saturated rings. The minimum atomic E-state index is -0.128. The highest BCUT2D eigenvalue weighted by Gasteiger charge is 2.09. The van der Waals surface area contributed by atoms with Crippen molar-refractivity contribution in [2.75, 3.05) is 5.73 Å². The van der Waals surface area contributed by atoms with E-state index in [0.29, 0.717) is 17.8 Å². The first-order chi connectivity index (χ1) is 8.97. The number of thiazole rings is 1. The van der Waals surface area contributed by atoms with Crippen LogP contribution in [0.15, 0.2) is 18.2 Å². The fraction of sp³-hybridized carbons (Fsp3) is 0.286. The Morgan fingerprint density at radius 3 is 2.68 bits per heavy atom. The van der Waals surface area contributed by atoms with E-state index in [1.807, 2.05) is 26.8 Å². The van der Waals surface area contributed by atoms with Gasteiger partial charge in [0.1, 0.15) is 5.01 Å². The van der Waals surface area contributed by atoms with Crippen molar-refractivity contribution in [3.05, 3.63) is 44.9 Å². The summed E-state index contributed by atoms with van der Waals surface area (Å²) in [5.74, 6) is -0.128. The Bertz CT molecular complexity index is 600. The second kappa shape index (κ2) is 5.40. The minimum absolute atomic E-state index is 0.128. The molecule has 0 radical (unpaired) electrons. The summed E-state index contributed by atoms with van der Waals surface area (Å²) in [6.07, 6.45) is 0. The van der Waals surface area contributed by atoms with Gasteiger partial charge in [-0.1, -0.05) is 6.07 Å². The number of nitrogens with zero attached hydrogens (tertiary/aromatic N) is 1. The van der Waals surface area contributed by atoms with E-state index in [0.717, 1.165) is 16.3 Å². The predicted molar refractivity (Wildman–Crippen MR) is 78.3 cm³/mol. The molecule has 1 heterocycles. The maximum Gasteiger partial charge on any atom is 0.251 e. The first-order valence-electron chi connectivity index (χ1n) is 6.04. The molecule has 1 aromatic heterocycles. The van der Waals surface area contributed by atoms with Crippen molar-refractivity contribution in [3.63, 3.8) is 0 Å². The monoisotopic (exact) mass is 275 g/mol. The third kappa shape index (κ3) is 3.12. The number of nitrogens with two attached hydrogens (primary N) is 1. The molecule has 0 bridgehead atoms. The van der Waals surface area contributed by atoms with Crippen LogP contribution in [0.5, 0.6) is 0 Å². The number of nitrogen functional groups attached to an aromatic ring is 1. The van der Waals surface area contributed by atoms with Crippen molar-refractivity contribution in [1.29, 1.82) is 0 Å². The van der Waals surface area contributed by atoms with E-state index in [-0.39, 0.29) is 5.91 Å². The Kier molecular flexibility index (Phi) is 3.85. The van der Waals surface area contributed by atoms with Gasteiger partial charge in [0.25, 0.3) is 5.91 Å². The maximum absolute atomic E-state index is 12.0. The quantitative estimate of drug-likeness (QED) is 0.846. The Labute approximate surface area is 116 Å². The van der Waals surface area contributed by atoms with Crippen molar-refractivity contribution in [1.82, 2.24) is 10.3 Å². The number of hydrogen-bond donors (Lipinski definition) is 2. The number of anilines is 1. The van der Waals surface area contributed by atoms with Gasteiger partial charge < -0.3 is 11.1 Å². The molecule has 5 heteroatoms. The Hall–Kier alpha value is -1.88. The van der Waals surface area contributed by atoms with Crippen LogP contribution in [0.25, 0.3) is 0 Å². The van der Waals surface area contributed by atoms with E-state index >= 15 is 0 Å². The highest BCUT2D eigenvalue weighted by Crippen LogP contribution is 2.16. The minimum Gasteiger partial charge on any atom is -0.398 e. The number of carbonyl (C=O) groups is 1. The Morgan fingerprint density at radius 1 is 1.37 bits per heavy atom. The van der Waals surface area contributed by atoms with Crippen LogP contribution in [0.3, 0.4) is 0 Å². The van der Waals surface area contributed by atoms with Crippen LogP contribution < -0.4 is 11.1 Å². The molecule has 0 atom stereocenters. The lowest BCUT2D eigenvalue weighted by Gasteiger charge is -2.05. The van der Waals surface area contributed by atoms with E-state index in [4.69, 9.17) is 5.73 Å². The van der Waals surface area contributed by atoms with Crippen LogP contribution >= 0.6 is 11.3 Å². The summed E-state index contributed by atoms with van der Waals surface area (Å²) in [6.45, 7) is 6.36. The molecule has 4 nitrogen and oxygen atoms in total. The lowest BCUT2D eigenvalue weighted by molar-refractivity contribution is 0.0951. The SMILES string of the molecule is Cc1ccc(C(=O)NCc2nc(C)c(C)s2)cc1N. The third-order valence-electron chi connectivity index (χ3n) is 3.01. The zero-order chi connectivity index (χ0) is 14.0. The molecule has 100 valence electrons. The first-order valence-corrected chi connectivity index (χ1v) is 6.86. The third-order valence-corrected chi connectivity index (χ3v) is 4.09. The molecular weight excluding hydrogens is 258 g/mol. The lowest BCUT2D eigenvalue weighted by Crippen LogP contribution is -2.22. The van der Waals surface area contributed by atoms with Crippen molar-refractivity contribution in [2.24, 2.45) is 0 Å². The van der Waals surface area contributed by atoms with Gasteiger partial charge in [-0.25, -0.2) is 4.98 Å². The molecule has 2 aromatic rings. The predicted octanol–water partition coefficient (Wildman–Crippen LogP) is 2.58. The fourth-order valence-corrected chi connectivity index (χ4v) is 2.53. The molecule has 0 spiro atoms. The van der Waals surface area contributed by atoms with Crippen molar-refractivity contribution < 1.29 is 4.79 Å². The van der Waals surface area contributed by atoms with E-state index < -0.39 is 0 Å². The molecule has 19 heavy (non-hydrogen) atoms. The summed E-state index contributed by atoms with van der Waals surface area (Å²) in [4.78, 5) is 17.6. The number of rotatable bonds is 3. The van der Waals surface area contributed by atoms with Gasteiger partial charge in [0.15, 0.2) is 0 Å². The average molecular weight is 275 g/mol. The summed E-state index contributed by atoms with van der Waals surface area (Å²) < 4.78 is 0. The van der Waals surface area contributed by atoms with E-state index in [9.17, 15) is 4.79 Å². The Morgan fingerprint density at radius 2 is 2.11 bits per heavy atom. The molecule has 0 unspecified atom stereocenters. The van der Waals surface area contributed by atoms with Gasteiger partial charge in [-0.3, -0.25) is 4.79 Å². The molecule has 0 aliphatic carbocycles. The lowest BCUT2D eigenvalue weighted by atomic mass is 10.1. The first kappa shape index (κ1) is 13.5. The molecule has 0 aliphatic heterocycles. The topological polar surface area (TPSA) is 68.0 Å². The van der Waals surface area contributed by atoms with Gasteiger partial charge >= 0.3 is 0 Å². The second-order valence-corrected chi connectivity index (χ2v) is 5.79. The van der Waals surface area contributed by atoms with Crippen molar-refractivity contribution in [3.8, 4) is 0 Å². The van der Waals surface area contributed by atoms with Crippen LogP contribution in [-0.2, 0) is 6.54 Å². The maximum atomic E-state index is 12.0. The summed E-state index contributed by atoms with van der Waals surface area (Å²) in [5.41, 5.74) is 9.01. The van der Waals surface area contributed by atoms with Gasteiger partial charge in [-0.15, -0.1) is 11.3 Å². The molecule has 0 saturated heterocycles. The molecule has 0 aliphatic rings. The normalized spacial score (nSPS) is 10.5. The van der Waals surface area contributed by atoms with Gasteiger partial charge in [-0.2, -0.15) is 0 Å². The Balaban J connectivity index is 2.03. The highest BCUT2D eigenvalue weighted by molar-refractivity contribution is 7.11. The van der Waals surface area contributed by atoms with Crippen LogP contribution in [0.4, 0.5) is 5.69 Å². The number of hydrogen-bond acceptors (Lipinski definition) is 4. The van der Waals surface area contributed by atoms with Crippen LogP contribution in [-0.4, -0.2) is 10.9 Å². The fourth-order valence-electron chi connectivity index (χ4n) is 1.65. The number of aromatic nitrogens is 1. The van der Waals surface area contributed by atoms with Crippen LogP contribution in [0.1, 0.15) is 31.5 Å². The molecule has 2 rings (SSSR count). The molecule has 0 saturated carbocycles. The smallest absolute Gasteiger partial charge is 0.251 e. The summed E-state index contributed by atoms with van der Waals surface area (Å²) in [7, 11) is 0. The summed E-state index contributed by atoms with van der Waals surface area (Å²) in [5, 5.41) is 3.78. The highest BCUT2D eigenvalue weighted by atomic mass is 32.1. The zero-order valence-electron chi connectivity index (χ0n) is 11.3. The number of amides is 1. The number of benzene rings is 1. The average Bonchev–Trinajstić information content (AvgIpc) is 2.69. The second-order valence-electron chi connectivity index (χ2n) is 4.50. The van der Waals surface area contributed by atoms with E-state index in [1.54, 1.807) is 23.5 Å². The molecule has 1 aromatic carbocycles. The molecule has 1 amide bonds. The van der Waals surface area contributed by atoms with Gasteiger partial charge in [0, 0.05) is 16.1 Å². The van der Waals surface area contributed by atoms with Crippen LogP contribution in [0.2, 0.25) is 0 Å². The molecular formula is C14H17N3OS. The number of carbonyl (C=O) groups excluding carboxylic acids is 1. The van der Waals surface area contributed by atoms with Gasteiger partial charge in [0.05, 0.1) is 12.2 Å². The largest absolute Gasteiger partial charge is 0.398 e. The van der Waals surface area contributed by atoms with Crippen molar-refractivity contribution in [2.45, 2.75) is 27.3 Å². The van der Waals surface area contributed by atoms with Gasteiger partial charge in [0.2, 0.25) is 0 Å².